The summed E-state index contributed by atoms with van der Waals surface area (Å²) in [6.45, 7) is 5.97. The predicted octanol–water partition coefficient (Wildman–Crippen LogP) is 6.22. The van der Waals surface area contributed by atoms with Gasteiger partial charge in [-0.1, -0.05) is 25.4 Å². The van der Waals surface area contributed by atoms with Gasteiger partial charge in [-0.2, -0.15) is 0 Å². The standard InChI is InChI=1S/C19H22ClF3N2O2/c1-5-12(6-2)25-18-17(26-4)10-15(11(3)24-18)14-8-7-13(9-16(14)20)27-19(21,22)23/h7-10,12H,5-6H2,1-4H3,(H,24,25). The van der Waals surface area contributed by atoms with Crippen molar-refractivity contribution >= 4 is 17.4 Å². The maximum absolute atomic E-state index is 12.4. The molecule has 148 valence electrons. The Bertz CT molecular complexity index is 793. The fourth-order valence-corrected chi connectivity index (χ4v) is 2.99. The van der Waals surface area contributed by atoms with Gasteiger partial charge in [0, 0.05) is 22.9 Å². The molecule has 1 heterocycles. The first-order chi connectivity index (χ1) is 12.7. The second-order valence-corrected chi connectivity index (χ2v) is 6.43. The molecule has 0 atom stereocenters. The molecular formula is C19H22ClF3N2O2. The van der Waals surface area contributed by atoms with Gasteiger partial charge in [-0.3, -0.25) is 0 Å². The first-order valence-corrected chi connectivity index (χ1v) is 8.94. The Morgan fingerprint density at radius 1 is 1.15 bits per heavy atom. The molecule has 0 saturated carbocycles. The summed E-state index contributed by atoms with van der Waals surface area (Å²) in [5.41, 5.74) is 1.89. The Hall–Kier alpha value is -2.15. The van der Waals surface area contributed by atoms with Crippen LogP contribution >= 0.6 is 11.6 Å². The molecule has 1 N–H and O–H groups in total. The molecule has 0 aliphatic rings. The fraction of sp³-hybridized carbons (Fsp3) is 0.421. The Balaban J connectivity index is 2.41. The van der Waals surface area contributed by atoms with Crippen LogP contribution in [0.2, 0.25) is 5.02 Å². The second kappa shape index (κ2) is 8.69. The van der Waals surface area contributed by atoms with Crippen LogP contribution in [-0.2, 0) is 0 Å². The number of nitrogens with one attached hydrogen (secondary N) is 1. The zero-order chi connectivity index (χ0) is 20.2. The summed E-state index contributed by atoms with van der Waals surface area (Å²) in [5.74, 6) is 0.788. The van der Waals surface area contributed by atoms with Crippen LogP contribution in [0.1, 0.15) is 32.4 Å². The molecule has 0 bridgehead atoms. The van der Waals surface area contributed by atoms with E-state index in [0.29, 0.717) is 28.4 Å². The number of aromatic nitrogens is 1. The Morgan fingerprint density at radius 2 is 1.81 bits per heavy atom. The number of hydrogen-bond acceptors (Lipinski definition) is 4. The quantitative estimate of drug-likeness (QED) is 0.597. The number of methoxy groups -OCH3 is 1. The van der Waals surface area contributed by atoms with Crippen molar-refractivity contribution in [1.29, 1.82) is 0 Å². The smallest absolute Gasteiger partial charge is 0.493 e. The van der Waals surface area contributed by atoms with Crippen molar-refractivity contribution in [2.45, 2.75) is 46.0 Å². The normalized spacial score (nSPS) is 11.6. The van der Waals surface area contributed by atoms with Gasteiger partial charge >= 0.3 is 6.36 Å². The zero-order valence-corrected chi connectivity index (χ0v) is 16.3. The fourth-order valence-electron chi connectivity index (χ4n) is 2.72. The van der Waals surface area contributed by atoms with Gasteiger partial charge in [-0.05, 0) is 44.0 Å². The van der Waals surface area contributed by atoms with E-state index < -0.39 is 6.36 Å². The van der Waals surface area contributed by atoms with Crippen molar-refractivity contribution in [2.75, 3.05) is 12.4 Å². The molecule has 1 aromatic heterocycles. The largest absolute Gasteiger partial charge is 0.573 e. The van der Waals surface area contributed by atoms with Crippen LogP contribution in [0.25, 0.3) is 11.1 Å². The van der Waals surface area contributed by atoms with Crippen molar-refractivity contribution < 1.29 is 22.6 Å². The molecule has 2 rings (SSSR count). The van der Waals surface area contributed by atoms with E-state index >= 15 is 0 Å². The van der Waals surface area contributed by atoms with Gasteiger partial charge in [-0.25, -0.2) is 4.98 Å². The first-order valence-electron chi connectivity index (χ1n) is 8.56. The maximum atomic E-state index is 12.4. The number of hydrogen-bond donors (Lipinski definition) is 1. The van der Waals surface area contributed by atoms with Crippen molar-refractivity contribution in [3.63, 3.8) is 0 Å². The highest BCUT2D eigenvalue weighted by Gasteiger charge is 2.31. The number of halogens is 4. The average Bonchev–Trinajstić information content (AvgIpc) is 2.59. The minimum Gasteiger partial charge on any atom is -0.493 e. The van der Waals surface area contributed by atoms with Gasteiger partial charge in [0.05, 0.1) is 12.1 Å². The molecular weight excluding hydrogens is 381 g/mol. The van der Waals surface area contributed by atoms with Crippen molar-refractivity contribution in [3.05, 3.63) is 35.0 Å². The molecule has 0 amide bonds. The SMILES string of the molecule is CCC(CC)Nc1nc(C)c(-c2ccc(OC(F)(F)F)cc2Cl)cc1OC. The van der Waals surface area contributed by atoms with Crippen molar-refractivity contribution in [2.24, 2.45) is 0 Å². The molecule has 0 aliphatic heterocycles. The number of anilines is 1. The lowest BCUT2D eigenvalue weighted by Crippen LogP contribution is -2.18. The van der Waals surface area contributed by atoms with Crippen LogP contribution in [0.4, 0.5) is 19.0 Å². The van der Waals surface area contributed by atoms with Gasteiger partial charge in [0.2, 0.25) is 0 Å². The average molecular weight is 403 g/mol. The highest BCUT2D eigenvalue weighted by Crippen LogP contribution is 2.37. The summed E-state index contributed by atoms with van der Waals surface area (Å²) in [6, 6.07) is 5.86. The molecule has 0 fully saturated rings. The lowest BCUT2D eigenvalue weighted by atomic mass is 10.0. The first kappa shape index (κ1) is 21.2. The molecule has 27 heavy (non-hydrogen) atoms. The van der Waals surface area contributed by atoms with Crippen molar-refractivity contribution in [1.82, 2.24) is 4.98 Å². The molecule has 0 radical (unpaired) electrons. The number of nitrogens with zero attached hydrogens (tertiary/aromatic N) is 1. The molecule has 0 spiro atoms. The van der Waals surface area contributed by atoms with E-state index in [0.717, 1.165) is 18.9 Å². The Labute approximate surface area is 161 Å². The Kier molecular flexibility index (Phi) is 6.81. The summed E-state index contributed by atoms with van der Waals surface area (Å²) in [5, 5.41) is 3.48. The topological polar surface area (TPSA) is 43.4 Å². The summed E-state index contributed by atoms with van der Waals surface area (Å²) in [4.78, 5) is 4.57. The molecule has 4 nitrogen and oxygen atoms in total. The van der Waals surface area contributed by atoms with Gasteiger partial charge in [0.15, 0.2) is 11.6 Å². The number of aryl methyl sites for hydroxylation is 1. The van der Waals surface area contributed by atoms with E-state index in [-0.39, 0.29) is 16.8 Å². The minimum absolute atomic E-state index is 0.129. The van der Waals surface area contributed by atoms with Gasteiger partial charge in [0.1, 0.15) is 5.75 Å². The highest BCUT2D eigenvalue weighted by atomic mass is 35.5. The van der Waals surface area contributed by atoms with Crippen LogP contribution in [0.5, 0.6) is 11.5 Å². The van der Waals surface area contributed by atoms with Crippen LogP contribution in [0.15, 0.2) is 24.3 Å². The van der Waals surface area contributed by atoms with Gasteiger partial charge in [0.25, 0.3) is 0 Å². The van der Waals surface area contributed by atoms with Crippen LogP contribution in [-0.4, -0.2) is 24.5 Å². The zero-order valence-electron chi connectivity index (χ0n) is 15.6. The van der Waals surface area contributed by atoms with E-state index in [9.17, 15) is 13.2 Å². The van der Waals surface area contributed by atoms with E-state index in [1.54, 1.807) is 6.07 Å². The third-order valence-corrected chi connectivity index (χ3v) is 4.50. The van der Waals surface area contributed by atoms with E-state index in [2.05, 4.69) is 28.9 Å². The summed E-state index contributed by atoms with van der Waals surface area (Å²) in [6.07, 6.45) is -2.89. The lowest BCUT2D eigenvalue weighted by Gasteiger charge is -2.20. The summed E-state index contributed by atoms with van der Waals surface area (Å²) in [7, 11) is 1.54. The number of ether oxygens (including phenoxy) is 2. The Morgan fingerprint density at radius 3 is 2.33 bits per heavy atom. The molecule has 1 aromatic carbocycles. The second-order valence-electron chi connectivity index (χ2n) is 6.02. The summed E-state index contributed by atoms with van der Waals surface area (Å²) < 4.78 is 46.4. The van der Waals surface area contributed by atoms with Gasteiger partial charge < -0.3 is 14.8 Å². The van der Waals surface area contributed by atoms with E-state index in [1.165, 1.54) is 19.2 Å². The van der Waals surface area contributed by atoms with Crippen LogP contribution in [0, 0.1) is 6.92 Å². The highest BCUT2D eigenvalue weighted by molar-refractivity contribution is 6.33. The van der Waals surface area contributed by atoms with E-state index in [4.69, 9.17) is 16.3 Å². The van der Waals surface area contributed by atoms with E-state index in [1.807, 2.05) is 6.92 Å². The number of rotatable bonds is 7. The maximum Gasteiger partial charge on any atom is 0.573 e. The number of pyridine rings is 1. The number of alkyl halides is 3. The summed E-state index contributed by atoms with van der Waals surface area (Å²) >= 11 is 6.20. The third-order valence-electron chi connectivity index (χ3n) is 4.19. The predicted molar refractivity (Wildman–Crippen MR) is 101 cm³/mol. The molecule has 2 aromatic rings. The van der Waals surface area contributed by atoms with Crippen molar-refractivity contribution in [3.8, 4) is 22.6 Å². The van der Waals surface area contributed by atoms with Gasteiger partial charge in [-0.15, -0.1) is 13.2 Å². The lowest BCUT2D eigenvalue weighted by molar-refractivity contribution is -0.274. The monoisotopic (exact) mass is 402 g/mol. The van der Waals surface area contributed by atoms with Crippen LogP contribution < -0.4 is 14.8 Å². The molecule has 0 aliphatic carbocycles. The molecule has 0 unspecified atom stereocenters. The third kappa shape index (κ3) is 5.42. The van der Waals surface area contributed by atoms with Crippen LogP contribution in [0.3, 0.4) is 0 Å². The molecule has 8 heteroatoms. The minimum atomic E-state index is -4.77. The molecule has 0 saturated heterocycles. The number of benzene rings is 1.